The SMILES string of the molecule is CCC(C)NCC(=O)NC(C)c1ccc2c(c1)CCCC2. The molecule has 2 unspecified atom stereocenters. The van der Waals surface area contributed by atoms with Crippen LogP contribution >= 0.6 is 0 Å². The highest BCUT2D eigenvalue weighted by Gasteiger charge is 2.14. The number of rotatable bonds is 6. The van der Waals surface area contributed by atoms with Crippen LogP contribution in [0.4, 0.5) is 0 Å². The van der Waals surface area contributed by atoms with Crippen LogP contribution in [0.25, 0.3) is 0 Å². The smallest absolute Gasteiger partial charge is 0.234 e. The molecule has 2 rings (SSSR count). The van der Waals surface area contributed by atoms with Crippen LogP contribution in [0.5, 0.6) is 0 Å². The van der Waals surface area contributed by atoms with E-state index in [0.29, 0.717) is 12.6 Å². The molecule has 3 heteroatoms. The van der Waals surface area contributed by atoms with Crippen molar-refractivity contribution in [3.63, 3.8) is 0 Å². The van der Waals surface area contributed by atoms with Crippen molar-refractivity contribution in [2.24, 2.45) is 0 Å². The number of fused-ring (bicyclic) bond motifs is 1. The van der Waals surface area contributed by atoms with Gasteiger partial charge in [0.15, 0.2) is 0 Å². The third kappa shape index (κ3) is 4.57. The molecule has 2 atom stereocenters. The van der Waals surface area contributed by atoms with Crippen LogP contribution < -0.4 is 10.6 Å². The molecule has 1 aromatic rings. The maximum Gasteiger partial charge on any atom is 0.234 e. The van der Waals surface area contributed by atoms with E-state index >= 15 is 0 Å². The zero-order valence-corrected chi connectivity index (χ0v) is 13.5. The summed E-state index contributed by atoms with van der Waals surface area (Å²) in [6.07, 6.45) is 6.01. The molecule has 116 valence electrons. The molecule has 0 saturated carbocycles. The number of aryl methyl sites for hydroxylation is 2. The number of hydrogen-bond acceptors (Lipinski definition) is 2. The first-order valence-electron chi connectivity index (χ1n) is 8.24. The van der Waals surface area contributed by atoms with E-state index in [4.69, 9.17) is 0 Å². The number of benzene rings is 1. The summed E-state index contributed by atoms with van der Waals surface area (Å²) in [4.78, 5) is 12.0. The molecule has 0 bridgehead atoms. The van der Waals surface area contributed by atoms with Crippen molar-refractivity contribution in [1.82, 2.24) is 10.6 Å². The monoisotopic (exact) mass is 288 g/mol. The van der Waals surface area contributed by atoms with E-state index in [9.17, 15) is 4.79 Å². The Hall–Kier alpha value is -1.35. The van der Waals surface area contributed by atoms with Crippen molar-refractivity contribution in [1.29, 1.82) is 0 Å². The van der Waals surface area contributed by atoms with Crippen LogP contribution in [0.2, 0.25) is 0 Å². The van der Waals surface area contributed by atoms with E-state index in [1.807, 2.05) is 0 Å². The Bertz CT molecular complexity index is 484. The third-order valence-corrected chi connectivity index (χ3v) is 4.47. The molecule has 21 heavy (non-hydrogen) atoms. The van der Waals surface area contributed by atoms with Gasteiger partial charge in [-0.15, -0.1) is 0 Å². The number of carbonyl (C=O) groups is 1. The van der Waals surface area contributed by atoms with Crippen LogP contribution in [0.15, 0.2) is 18.2 Å². The molecular weight excluding hydrogens is 260 g/mol. The minimum absolute atomic E-state index is 0.0699. The normalized spacial score (nSPS) is 16.9. The van der Waals surface area contributed by atoms with E-state index in [2.05, 4.69) is 49.6 Å². The molecule has 2 N–H and O–H groups in total. The lowest BCUT2D eigenvalue weighted by atomic mass is 9.89. The van der Waals surface area contributed by atoms with Gasteiger partial charge in [-0.05, 0) is 62.6 Å². The Morgan fingerprint density at radius 1 is 1.19 bits per heavy atom. The molecule has 0 radical (unpaired) electrons. The molecule has 0 heterocycles. The molecule has 0 spiro atoms. The quantitative estimate of drug-likeness (QED) is 0.844. The lowest BCUT2D eigenvalue weighted by molar-refractivity contribution is -0.121. The molecule has 0 saturated heterocycles. The summed E-state index contributed by atoms with van der Waals surface area (Å²) in [6.45, 7) is 6.67. The summed E-state index contributed by atoms with van der Waals surface area (Å²) < 4.78 is 0. The number of amides is 1. The minimum Gasteiger partial charge on any atom is -0.348 e. The lowest BCUT2D eigenvalue weighted by Crippen LogP contribution is -2.38. The molecule has 0 fully saturated rings. The van der Waals surface area contributed by atoms with Gasteiger partial charge in [-0.1, -0.05) is 25.1 Å². The number of nitrogens with one attached hydrogen (secondary N) is 2. The van der Waals surface area contributed by atoms with Gasteiger partial charge >= 0.3 is 0 Å². The summed E-state index contributed by atoms with van der Waals surface area (Å²) in [5, 5.41) is 6.31. The second kappa shape index (κ2) is 7.60. The highest BCUT2D eigenvalue weighted by atomic mass is 16.1. The molecular formula is C18H28N2O. The van der Waals surface area contributed by atoms with E-state index in [0.717, 1.165) is 6.42 Å². The first-order valence-corrected chi connectivity index (χ1v) is 8.24. The zero-order valence-electron chi connectivity index (χ0n) is 13.5. The van der Waals surface area contributed by atoms with Crippen molar-refractivity contribution < 1.29 is 4.79 Å². The van der Waals surface area contributed by atoms with E-state index in [-0.39, 0.29) is 11.9 Å². The van der Waals surface area contributed by atoms with Crippen LogP contribution in [-0.2, 0) is 17.6 Å². The number of carbonyl (C=O) groups excluding carboxylic acids is 1. The Morgan fingerprint density at radius 2 is 1.90 bits per heavy atom. The van der Waals surface area contributed by atoms with Gasteiger partial charge in [-0.2, -0.15) is 0 Å². The molecule has 0 aromatic heterocycles. The summed E-state index contributed by atoms with van der Waals surface area (Å²) in [6, 6.07) is 7.14. The Balaban J connectivity index is 1.90. The van der Waals surface area contributed by atoms with Crippen molar-refractivity contribution in [2.45, 2.75) is 65.0 Å². The average Bonchev–Trinajstić information content (AvgIpc) is 2.52. The van der Waals surface area contributed by atoms with Crippen molar-refractivity contribution in [3.8, 4) is 0 Å². The van der Waals surface area contributed by atoms with Crippen molar-refractivity contribution in [3.05, 3.63) is 34.9 Å². The fourth-order valence-electron chi connectivity index (χ4n) is 2.81. The van der Waals surface area contributed by atoms with Gasteiger partial charge in [0, 0.05) is 6.04 Å². The molecule has 0 aliphatic heterocycles. The fraction of sp³-hybridized carbons (Fsp3) is 0.611. The Kier molecular flexibility index (Phi) is 5.80. The molecule has 1 amide bonds. The topological polar surface area (TPSA) is 41.1 Å². The summed E-state index contributed by atoms with van der Waals surface area (Å²) in [5.41, 5.74) is 4.17. The first kappa shape index (κ1) is 16.0. The maximum absolute atomic E-state index is 12.0. The molecule has 3 nitrogen and oxygen atoms in total. The second-order valence-corrected chi connectivity index (χ2v) is 6.21. The van der Waals surface area contributed by atoms with Crippen LogP contribution in [0.3, 0.4) is 0 Å². The highest BCUT2D eigenvalue weighted by Crippen LogP contribution is 2.24. The van der Waals surface area contributed by atoms with Gasteiger partial charge in [-0.25, -0.2) is 0 Å². The molecule has 1 aliphatic rings. The summed E-state index contributed by atoms with van der Waals surface area (Å²) in [7, 11) is 0. The predicted molar refractivity (Wildman–Crippen MR) is 87.4 cm³/mol. The van der Waals surface area contributed by atoms with Crippen LogP contribution in [0, 0.1) is 0 Å². The van der Waals surface area contributed by atoms with E-state index in [1.54, 1.807) is 0 Å². The van der Waals surface area contributed by atoms with Gasteiger partial charge in [-0.3, -0.25) is 4.79 Å². The van der Waals surface area contributed by atoms with Gasteiger partial charge in [0.1, 0.15) is 0 Å². The maximum atomic E-state index is 12.0. The van der Waals surface area contributed by atoms with Crippen LogP contribution in [-0.4, -0.2) is 18.5 Å². The van der Waals surface area contributed by atoms with Gasteiger partial charge in [0.2, 0.25) is 5.91 Å². The Labute approximate surface area is 128 Å². The Morgan fingerprint density at radius 3 is 2.62 bits per heavy atom. The van der Waals surface area contributed by atoms with Gasteiger partial charge in [0.25, 0.3) is 0 Å². The summed E-state index contributed by atoms with van der Waals surface area (Å²) >= 11 is 0. The lowest BCUT2D eigenvalue weighted by Gasteiger charge is -2.20. The standard InChI is InChI=1S/C18H28N2O/c1-4-13(2)19-12-18(21)20-14(3)16-10-9-15-7-5-6-8-17(15)11-16/h9-11,13-14,19H,4-8,12H2,1-3H3,(H,20,21). The van der Waals surface area contributed by atoms with E-state index < -0.39 is 0 Å². The molecule has 1 aliphatic carbocycles. The first-order chi connectivity index (χ1) is 10.1. The number of hydrogen-bond donors (Lipinski definition) is 2. The van der Waals surface area contributed by atoms with E-state index in [1.165, 1.54) is 42.4 Å². The zero-order chi connectivity index (χ0) is 15.2. The third-order valence-electron chi connectivity index (χ3n) is 4.47. The predicted octanol–water partition coefficient (Wildman–Crippen LogP) is 3.13. The average molecular weight is 288 g/mol. The van der Waals surface area contributed by atoms with Gasteiger partial charge in [0.05, 0.1) is 12.6 Å². The van der Waals surface area contributed by atoms with Crippen molar-refractivity contribution >= 4 is 5.91 Å². The minimum atomic E-state index is 0.0699. The molecule has 1 aromatic carbocycles. The largest absolute Gasteiger partial charge is 0.348 e. The summed E-state index contributed by atoms with van der Waals surface area (Å²) in [5.74, 6) is 0.0699. The van der Waals surface area contributed by atoms with Crippen molar-refractivity contribution in [2.75, 3.05) is 6.54 Å². The van der Waals surface area contributed by atoms with Gasteiger partial charge < -0.3 is 10.6 Å². The second-order valence-electron chi connectivity index (χ2n) is 6.21. The highest BCUT2D eigenvalue weighted by molar-refractivity contribution is 5.78. The fourth-order valence-corrected chi connectivity index (χ4v) is 2.81. The van der Waals surface area contributed by atoms with Crippen LogP contribution in [0.1, 0.15) is 62.8 Å².